The van der Waals surface area contributed by atoms with Crippen molar-refractivity contribution in [2.75, 3.05) is 26.4 Å². The fourth-order valence-corrected chi connectivity index (χ4v) is 2.98. The number of anilines is 1. The van der Waals surface area contributed by atoms with E-state index in [0.29, 0.717) is 29.3 Å². The van der Waals surface area contributed by atoms with Gasteiger partial charge >= 0.3 is 0 Å². The van der Waals surface area contributed by atoms with Gasteiger partial charge in [0, 0.05) is 26.1 Å². The minimum atomic E-state index is -0.174. The predicted molar refractivity (Wildman–Crippen MR) is 110 cm³/mol. The minimum Gasteiger partial charge on any atom is -0.493 e. The summed E-state index contributed by atoms with van der Waals surface area (Å²) >= 11 is 0. The number of para-hydroxylation sites is 1. The monoisotopic (exact) mass is 376 g/mol. The molecule has 0 aliphatic heterocycles. The van der Waals surface area contributed by atoms with Crippen molar-refractivity contribution in [1.82, 2.24) is 14.9 Å². The highest BCUT2D eigenvalue weighted by molar-refractivity contribution is 6.01. The lowest BCUT2D eigenvalue weighted by Gasteiger charge is -2.18. The van der Waals surface area contributed by atoms with Crippen LogP contribution in [0.15, 0.2) is 54.6 Å². The third-order valence-corrected chi connectivity index (χ3v) is 4.36. The van der Waals surface area contributed by atoms with Crippen LogP contribution in [0.5, 0.6) is 5.75 Å². The highest BCUT2D eigenvalue weighted by atomic mass is 16.5. The molecule has 6 heteroatoms. The summed E-state index contributed by atoms with van der Waals surface area (Å²) in [5, 5.41) is 0. The van der Waals surface area contributed by atoms with E-state index in [1.54, 1.807) is 21.0 Å². The number of nitrogen functional groups attached to an aromatic ring is 1. The van der Waals surface area contributed by atoms with Gasteiger partial charge in [0.1, 0.15) is 5.75 Å². The number of carbonyl (C=O) groups is 1. The van der Waals surface area contributed by atoms with Crippen molar-refractivity contribution in [2.45, 2.75) is 13.3 Å². The maximum Gasteiger partial charge on any atom is 0.257 e. The smallest absolute Gasteiger partial charge is 0.257 e. The number of aromatic nitrogens is 2. The summed E-state index contributed by atoms with van der Waals surface area (Å²) in [4.78, 5) is 22.8. The number of nitrogens with two attached hydrogens (primary N) is 1. The van der Waals surface area contributed by atoms with E-state index < -0.39 is 0 Å². The highest BCUT2D eigenvalue weighted by Crippen LogP contribution is 2.33. The Labute approximate surface area is 165 Å². The van der Waals surface area contributed by atoms with Gasteiger partial charge in [-0.15, -0.1) is 0 Å². The largest absolute Gasteiger partial charge is 0.493 e. The fourth-order valence-electron chi connectivity index (χ4n) is 2.98. The number of amides is 1. The number of hydrogen-bond acceptors (Lipinski definition) is 5. The molecule has 28 heavy (non-hydrogen) atoms. The van der Waals surface area contributed by atoms with E-state index in [4.69, 9.17) is 10.5 Å². The molecule has 1 heterocycles. The van der Waals surface area contributed by atoms with Crippen molar-refractivity contribution in [3.05, 3.63) is 71.4 Å². The van der Waals surface area contributed by atoms with Crippen molar-refractivity contribution in [2.24, 2.45) is 0 Å². The van der Waals surface area contributed by atoms with Crippen LogP contribution in [0.4, 0.5) is 5.95 Å². The van der Waals surface area contributed by atoms with Crippen molar-refractivity contribution in [1.29, 1.82) is 0 Å². The third kappa shape index (κ3) is 4.28. The van der Waals surface area contributed by atoms with Gasteiger partial charge in [-0.05, 0) is 24.6 Å². The third-order valence-electron chi connectivity index (χ3n) is 4.36. The van der Waals surface area contributed by atoms with Gasteiger partial charge in [0.15, 0.2) is 0 Å². The topological polar surface area (TPSA) is 81.3 Å². The van der Waals surface area contributed by atoms with Gasteiger partial charge in [0.2, 0.25) is 5.95 Å². The molecule has 144 valence electrons. The van der Waals surface area contributed by atoms with E-state index in [1.165, 1.54) is 10.5 Å². The second kappa shape index (κ2) is 8.52. The molecule has 0 aliphatic rings. The SMILES string of the molecule is Cc1nc(N)nc(-c2ccccc2OCCc2ccccc2)c1C(=O)N(C)C. The minimum absolute atomic E-state index is 0.127. The van der Waals surface area contributed by atoms with Gasteiger partial charge in [-0.1, -0.05) is 42.5 Å². The number of rotatable bonds is 6. The zero-order valence-corrected chi connectivity index (χ0v) is 16.3. The van der Waals surface area contributed by atoms with Crippen LogP contribution in [0.3, 0.4) is 0 Å². The summed E-state index contributed by atoms with van der Waals surface area (Å²) in [7, 11) is 3.40. The summed E-state index contributed by atoms with van der Waals surface area (Å²) in [6.07, 6.45) is 0.781. The van der Waals surface area contributed by atoms with Crippen LogP contribution in [-0.4, -0.2) is 41.5 Å². The number of carbonyl (C=O) groups excluding carboxylic acids is 1. The Bertz CT molecular complexity index is 972. The molecule has 0 bridgehead atoms. The summed E-state index contributed by atoms with van der Waals surface area (Å²) in [5.41, 5.74) is 9.26. The molecular formula is C22H24N4O2. The van der Waals surface area contributed by atoms with Crippen LogP contribution < -0.4 is 10.5 Å². The Hall–Kier alpha value is -3.41. The molecule has 0 aliphatic carbocycles. The quantitative estimate of drug-likeness (QED) is 0.713. The number of aryl methyl sites for hydroxylation is 1. The van der Waals surface area contributed by atoms with E-state index in [1.807, 2.05) is 42.5 Å². The van der Waals surface area contributed by atoms with Gasteiger partial charge in [0.05, 0.1) is 23.6 Å². The molecular weight excluding hydrogens is 352 g/mol. The van der Waals surface area contributed by atoms with Crippen molar-refractivity contribution in [3.63, 3.8) is 0 Å². The second-order valence-electron chi connectivity index (χ2n) is 6.67. The number of nitrogens with zero attached hydrogens (tertiary/aromatic N) is 3. The van der Waals surface area contributed by atoms with Crippen LogP contribution >= 0.6 is 0 Å². The standard InChI is InChI=1S/C22H24N4O2/c1-15-19(21(27)26(2)3)20(25-22(23)24-15)17-11-7-8-12-18(17)28-14-13-16-9-5-4-6-10-16/h4-12H,13-14H2,1-3H3,(H2,23,24,25). The Morgan fingerprint density at radius 3 is 2.43 bits per heavy atom. The van der Waals surface area contributed by atoms with E-state index in [9.17, 15) is 4.79 Å². The van der Waals surface area contributed by atoms with E-state index in [-0.39, 0.29) is 11.9 Å². The molecule has 1 aromatic heterocycles. The molecule has 6 nitrogen and oxygen atoms in total. The van der Waals surface area contributed by atoms with Crippen LogP contribution in [0.1, 0.15) is 21.6 Å². The first-order valence-corrected chi connectivity index (χ1v) is 9.09. The Balaban J connectivity index is 1.95. The lowest BCUT2D eigenvalue weighted by molar-refractivity contribution is 0.0827. The Morgan fingerprint density at radius 1 is 1.04 bits per heavy atom. The molecule has 2 N–H and O–H groups in total. The molecule has 0 unspecified atom stereocenters. The lowest BCUT2D eigenvalue weighted by atomic mass is 10.0. The first-order chi connectivity index (χ1) is 13.5. The van der Waals surface area contributed by atoms with Gasteiger partial charge in [-0.25, -0.2) is 9.97 Å². The normalized spacial score (nSPS) is 10.5. The zero-order chi connectivity index (χ0) is 20.1. The Kier molecular flexibility index (Phi) is 5.89. The molecule has 0 saturated heterocycles. The molecule has 2 aromatic carbocycles. The second-order valence-corrected chi connectivity index (χ2v) is 6.67. The van der Waals surface area contributed by atoms with Crippen LogP contribution in [0.25, 0.3) is 11.3 Å². The maximum absolute atomic E-state index is 12.7. The number of hydrogen-bond donors (Lipinski definition) is 1. The number of ether oxygens (including phenoxy) is 1. The van der Waals surface area contributed by atoms with Gasteiger partial charge < -0.3 is 15.4 Å². The summed E-state index contributed by atoms with van der Waals surface area (Å²) in [6, 6.07) is 17.7. The van der Waals surface area contributed by atoms with Gasteiger partial charge in [-0.2, -0.15) is 0 Å². The molecule has 0 spiro atoms. The molecule has 0 fully saturated rings. The average Bonchev–Trinajstić information content (AvgIpc) is 2.68. The van der Waals surface area contributed by atoms with Crippen molar-refractivity contribution < 1.29 is 9.53 Å². The van der Waals surface area contributed by atoms with E-state index in [2.05, 4.69) is 22.1 Å². The molecule has 0 radical (unpaired) electrons. The van der Waals surface area contributed by atoms with Crippen molar-refractivity contribution in [3.8, 4) is 17.0 Å². The molecule has 1 amide bonds. The highest BCUT2D eigenvalue weighted by Gasteiger charge is 2.22. The van der Waals surface area contributed by atoms with Gasteiger partial charge in [0.25, 0.3) is 5.91 Å². The van der Waals surface area contributed by atoms with Crippen LogP contribution in [0.2, 0.25) is 0 Å². The van der Waals surface area contributed by atoms with Crippen molar-refractivity contribution >= 4 is 11.9 Å². The lowest BCUT2D eigenvalue weighted by Crippen LogP contribution is -2.24. The van der Waals surface area contributed by atoms with Crippen LogP contribution in [-0.2, 0) is 6.42 Å². The zero-order valence-electron chi connectivity index (χ0n) is 16.3. The van der Waals surface area contributed by atoms with E-state index in [0.717, 1.165) is 12.0 Å². The molecule has 3 rings (SSSR count). The summed E-state index contributed by atoms with van der Waals surface area (Å²) in [5.74, 6) is 0.609. The summed E-state index contributed by atoms with van der Waals surface area (Å²) in [6.45, 7) is 2.27. The molecule has 3 aromatic rings. The van der Waals surface area contributed by atoms with E-state index >= 15 is 0 Å². The fraction of sp³-hybridized carbons (Fsp3) is 0.227. The Morgan fingerprint density at radius 2 is 1.71 bits per heavy atom. The predicted octanol–water partition coefficient (Wildman–Crippen LogP) is 3.36. The first kappa shape index (κ1) is 19.4. The van der Waals surface area contributed by atoms with Gasteiger partial charge in [-0.3, -0.25) is 4.79 Å². The summed E-state index contributed by atoms with van der Waals surface area (Å²) < 4.78 is 6.04. The molecule has 0 saturated carbocycles. The first-order valence-electron chi connectivity index (χ1n) is 9.09. The average molecular weight is 376 g/mol. The maximum atomic E-state index is 12.7. The van der Waals surface area contributed by atoms with Crippen LogP contribution in [0, 0.1) is 6.92 Å². The molecule has 0 atom stereocenters. The number of benzene rings is 2.